The molecule has 0 amide bonds. The Hall–Kier alpha value is -1.09. The van der Waals surface area contributed by atoms with Crippen LogP contribution in [0.15, 0.2) is 34.8 Å². The van der Waals surface area contributed by atoms with Crippen molar-refractivity contribution in [2.75, 3.05) is 19.0 Å². The van der Waals surface area contributed by atoms with Gasteiger partial charge in [-0.3, -0.25) is 0 Å². The highest BCUT2D eigenvalue weighted by atomic mass is 79.9. The Balaban J connectivity index is 2.67. The van der Waals surface area contributed by atoms with Crippen LogP contribution < -0.4 is 4.90 Å². The highest BCUT2D eigenvalue weighted by Crippen LogP contribution is 2.24. The molecule has 1 heterocycles. The highest BCUT2D eigenvalue weighted by molar-refractivity contribution is 9.10. The molecule has 1 aromatic heterocycles. The van der Waals surface area contributed by atoms with Crippen molar-refractivity contribution in [1.29, 1.82) is 0 Å². The Kier molecular flexibility index (Phi) is 2.42. The van der Waals surface area contributed by atoms with Gasteiger partial charge in [0, 0.05) is 24.0 Å². The Morgan fingerprint density at radius 1 is 1.14 bits per heavy atom. The van der Waals surface area contributed by atoms with Crippen molar-refractivity contribution < 1.29 is 0 Å². The minimum atomic E-state index is 0.982. The maximum atomic E-state index is 4.53. The molecule has 0 fully saturated rings. The van der Waals surface area contributed by atoms with E-state index in [-0.39, 0.29) is 0 Å². The van der Waals surface area contributed by atoms with Gasteiger partial charge in [0.25, 0.3) is 0 Å². The van der Waals surface area contributed by atoms with Crippen molar-refractivity contribution in [3.63, 3.8) is 0 Å². The number of benzene rings is 1. The monoisotopic (exact) mass is 250 g/mol. The third-order valence-corrected chi connectivity index (χ3v) is 2.81. The Morgan fingerprint density at radius 3 is 2.64 bits per heavy atom. The van der Waals surface area contributed by atoms with E-state index in [1.54, 1.807) is 0 Å². The number of pyridine rings is 1. The molecule has 2 rings (SSSR count). The van der Waals surface area contributed by atoms with Crippen LogP contribution in [0.4, 0.5) is 5.82 Å². The molecule has 3 heteroatoms. The van der Waals surface area contributed by atoms with E-state index in [0.717, 1.165) is 21.2 Å². The van der Waals surface area contributed by atoms with E-state index in [1.165, 1.54) is 0 Å². The molecule has 0 radical (unpaired) electrons. The van der Waals surface area contributed by atoms with E-state index in [1.807, 2.05) is 43.3 Å². The standard InChI is InChI=1S/C11H11BrN2/c1-14(2)11-7-6-8-9(12)4-3-5-10(8)13-11/h3-7H,1-2H3. The molecule has 0 unspecified atom stereocenters. The molecule has 0 aliphatic carbocycles. The second-order valence-corrected chi connectivity index (χ2v) is 4.22. The van der Waals surface area contributed by atoms with Crippen LogP contribution in [0.2, 0.25) is 0 Å². The second-order valence-electron chi connectivity index (χ2n) is 3.37. The molecule has 0 atom stereocenters. The van der Waals surface area contributed by atoms with Gasteiger partial charge in [0.2, 0.25) is 0 Å². The fourth-order valence-corrected chi connectivity index (χ4v) is 1.84. The summed E-state index contributed by atoms with van der Waals surface area (Å²) in [6, 6.07) is 10.2. The number of halogens is 1. The van der Waals surface area contributed by atoms with Gasteiger partial charge in [-0.2, -0.15) is 0 Å². The average Bonchev–Trinajstić information content (AvgIpc) is 2.17. The summed E-state index contributed by atoms with van der Waals surface area (Å²) >= 11 is 3.50. The van der Waals surface area contributed by atoms with Crippen molar-refractivity contribution >= 4 is 32.7 Å². The molecule has 0 aliphatic heterocycles. The minimum absolute atomic E-state index is 0.982. The summed E-state index contributed by atoms with van der Waals surface area (Å²) in [5.74, 6) is 0.982. The van der Waals surface area contributed by atoms with Gasteiger partial charge in [-0.25, -0.2) is 4.98 Å². The quantitative estimate of drug-likeness (QED) is 0.774. The van der Waals surface area contributed by atoms with Crippen LogP contribution in [0.1, 0.15) is 0 Å². The number of hydrogen-bond donors (Lipinski definition) is 0. The lowest BCUT2D eigenvalue weighted by Crippen LogP contribution is -2.10. The Morgan fingerprint density at radius 2 is 1.93 bits per heavy atom. The van der Waals surface area contributed by atoms with Crippen LogP contribution in [0.3, 0.4) is 0 Å². The lowest BCUT2D eigenvalue weighted by Gasteiger charge is -2.11. The van der Waals surface area contributed by atoms with Crippen LogP contribution >= 0.6 is 15.9 Å². The zero-order chi connectivity index (χ0) is 10.1. The second kappa shape index (κ2) is 3.58. The molecular formula is C11H11BrN2. The van der Waals surface area contributed by atoms with Crippen molar-refractivity contribution in [1.82, 2.24) is 4.98 Å². The average molecular weight is 251 g/mol. The molecule has 0 saturated carbocycles. The molecular weight excluding hydrogens is 240 g/mol. The fourth-order valence-electron chi connectivity index (χ4n) is 1.36. The normalized spacial score (nSPS) is 10.5. The molecule has 2 nitrogen and oxygen atoms in total. The van der Waals surface area contributed by atoms with Gasteiger partial charge in [0.05, 0.1) is 5.52 Å². The largest absolute Gasteiger partial charge is 0.363 e. The summed E-state index contributed by atoms with van der Waals surface area (Å²) in [5, 5.41) is 1.15. The van der Waals surface area contributed by atoms with Gasteiger partial charge < -0.3 is 4.90 Å². The summed E-state index contributed by atoms with van der Waals surface area (Å²) in [5.41, 5.74) is 1.02. The number of nitrogens with zero attached hydrogens (tertiary/aromatic N) is 2. The van der Waals surface area contributed by atoms with E-state index in [2.05, 4.69) is 27.0 Å². The number of rotatable bonds is 1. The van der Waals surface area contributed by atoms with Gasteiger partial charge in [-0.05, 0) is 24.3 Å². The summed E-state index contributed by atoms with van der Waals surface area (Å²) in [7, 11) is 3.98. The zero-order valence-corrected chi connectivity index (χ0v) is 9.75. The summed E-state index contributed by atoms with van der Waals surface area (Å²) in [6.45, 7) is 0. The first-order chi connectivity index (χ1) is 6.68. The van der Waals surface area contributed by atoms with Crippen LogP contribution in [0, 0.1) is 0 Å². The van der Waals surface area contributed by atoms with Crippen molar-refractivity contribution in [2.45, 2.75) is 0 Å². The predicted octanol–water partition coefficient (Wildman–Crippen LogP) is 3.06. The number of fused-ring (bicyclic) bond motifs is 1. The third-order valence-electron chi connectivity index (χ3n) is 2.12. The molecule has 14 heavy (non-hydrogen) atoms. The van der Waals surface area contributed by atoms with Crippen LogP contribution in [-0.2, 0) is 0 Å². The van der Waals surface area contributed by atoms with Crippen LogP contribution in [-0.4, -0.2) is 19.1 Å². The number of hydrogen-bond acceptors (Lipinski definition) is 2. The Labute approximate surface area is 91.7 Å². The number of aromatic nitrogens is 1. The minimum Gasteiger partial charge on any atom is -0.363 e. The Bertz CT molecular complexity index is 466. The van der Waals surface area contributed by atoms with Crippen molar-refractivity contribution in [3.8, 4) is 0 Å². The van der Waals surface area contributed by atoms with E-state index in [4.69, 9.17) is 0 Å². The predicted molar refractivity (Wildman–Crippen MR) is 63.8 cm³/mol. The number of anilines is 1. The molecule has 72 valence electrons. The molecule has 1 aromatic carbocycles. The van der Waals surface area contributed by atoms with E-state index >= 15 is 0 Å². The molecule has 0 N–H and O–H groups in total. The maximum Gasteiger partial charge on any atom is 0.128 e. The van der Waals surface area contributed by atoms with Gasteiger partial charge in [0.15, 0.2) is 0 Å². The third kappa shape index (κ3) is 1.60. The molecule has 0 aliphatic rings. The topological polar surface area (TPSA) is 16.1 Å². The first-order valence-corrected chi connectivity index (χ1v) is 5.20. The fraction of sp³-hybridized carbons (Fsp3) is 0.182. The van der Waals surface area contributed by atoms with Gasteiger partial charge in [0.1, 0.15) is 5.82 Å². The summed E-state index contributed by atoms with van der Waals surface area (Å²) in [6.07, 6.45) is 0. The van der Waals surface area contributed by atoms with E-state index in [9.17, 15) is 0 Å². The van der Waals surface area contributed by atoms with Gasteiger partial charge >= 0.3 is 0 Å². The van der Waals surface area contributed by atoms with Crippen molar-refractivity contribution in [2.24, 2.45) is 0 Å². The zero-order valence-electron chi connectivity index (χ0n) is 8.16. The SMILES string of the molecule is CN(C)c1ccc2c(Br)cccc2n1. The summed E-state index contributed by atoms with van der Waals surface area (Å²) in [4.78, 5) is 6.53. The van der Waals surface area contributed by atoms with E-state index in [0.29, 0.717) is 0 Å². The first kappa shape index (κ1) is 9.46. The van der Waals surface area contributed by atoms with Crippen LogP contribution in [0.25, 0.3) is 10.9 Å². The molecule has 0 saturated heterocycles. The smallest absolute Gasteiger partial charge is 0.128 e. The summed E-state index contributed by atoms with van der Waals surface area (Å²) < 4.78 is 1.09. The van der Waals surface area contributed by atoms with E-state index < -0.39 is 0 Å². The van der Waals surface area contributed by atoms with Crippen LogP contribution in [0.5, 0.6) is 0 Å². The molecule has 0 spiro atoms. The molecule has 2 aromatic rings. The van der Waals surface area contributed by atoms with Crippen molar-refractivity contribution in [3.05, 3.63) is 34.8 Å². The van der Waals surface area contributed by atoms with Gasteiger partial charge in [-0.1, -0.05) is 22.0 Å². The highest BCUT2D eigenvalue weighted by Gasteiger charge is 2.01. The molecule has 0 bridgehead atoms. The van der Waals surface area contributed by atoms with Gasteiger partial charge in [-0.15, -0.1) is 0 Å². The first-order valence-electron chi connectivity index (χ1n) is 4.41. The maximum absolute atomic E-state index is 4.53. The lowest BCUT2D eigenvalue weighted by molar-refractivity contribution is 1.08. The lowest BCUT2D eigenvalue weighted by atomic mass is 10.2.